The Balaban J connectivity index is 0.00000300. The molecule has 1 aliphatic carbocycles. The van der Waals surface area contributed by atoms with Gasteiger partial charge in [0.25, 0.3) is 0 Å². The fourth-order valence-corrected chi connectivity index (χ4v) is 3.82. The van der Waals surface area contributed by atoms with Gasteiger partial charge in [0, 0.05) is 32.1 Å². The van der Waals surface area contributed by atoms with Gasteiger partial charge in [-0.1, -0.05) is 18.2 Å². The highest BCUT2D eigenvalue weighted by atomic mass is 127. The van der Waals surface area contributed by atoms with Crippen molar-refractivity contribution in [2.45, 2.75) is 37.3 Å². The van der Waals surface area contributed by atoms with Crippen molar-refractivity contribution in [3.63, 3.8) is 0 Å². The molecule has 0 radical (unpaired) electrons. The molecule has 0 amide bonds. The molecule has 5 nitrogen and oxygen atoms in total. The summed E-state index contributed by atoms with van der Waals surface area (Å²) in [5.74, 6) is 0.463. The lowest BCUT2D eigenvalue weighted by atomic mass is 9.94. The van der Waals surface area contributed by atoms with Crippen molar-refractivity contribution in [3.05, 3.63) is 35.4 Å². The molecule has 1 heterocycles. The van der Waals surface area contributed by atoms with Crippen LogP contribution in [0, 0.1) is 5.92 Å². The largest absolute Gasteiger partial charge is 0.469 e. The summed E-state index contributed by atoms with van der Waals surface area (Å²) in [7, 11) is 3.09. The van der Waals surface area contributed by atoms with Crippen molar-refractivity contribution >= 4 is 35.9 Å². The second-order valence-corrected chi connectivity index (χ2v) is 7.54. The lowest BCUT2D eigenvalue weighted by molar-refractivity contribution is -0.146. The Morgan fingerprint density at radius 1 is 1.31 bits per heavy atom. The van der Waals surface area contributed by atoms with Crippen LogP contribution >= 0.6 is 24.0 Å². The third-order valence-corrected chi connectivity index (χ3v) is 5.78. The number of nitrogens with one attached hydrogen (secondary N) is 1. The summed E-state index contributed by atoms with van der Waals surface area (Å²) in [5, 5.41) is 3.34. The topological polar surface area (TPSA) is 53.9 Å². The highest BCUT2D eigenvalue weighted by Crippen LogP contribution is 2.48. The van der Waals surface area contributed by atoms with E-state index >= 15 is 0 Å². The number of aliphatic imine (C=N–C) groups is 1. The Kier molecular flexibility index (Phi) is 7.80. The SMILES string of the molecule is CN=C(NCC1(c2cccc(C(F)(F)F)c2)CC1)N1CCC(C(=O)OC)CC1.I. The third kappa shape index (κ3) is 5.55. The zero-order valence-electron chi connectivity index (χ0n) is 16.6. The minimum absolute atomic E-state index is 0. The van der Waals surface area contributed by atoms with Crippen LogP contribution in [0.15, 0.2) is 29.3 Å². The number of carbonyl (C=O) groups is 1. The van der Waals surface area contributed by atoms with Crippen LogP contribution in [0.1, 0.15) is 36.8 Å². The van der Waals surface area contributed by atoms with Gasteiger partial charge in [0.2, 0.25) is 0 Å². The summed E-state index contributed by atoms with van der Waals surface area (Å²) in [6.45, 7) is 1.92. The maximum Gasteiger partial charge on any atom is 0.416 e. The van der Waals surface area contributed by atoms with Gasteiger partial charge in [-0.25, -0.2) is 0 Å². The third-order valence-electron chi connectivity index (χ3n) is 5.78. The summed E-state index contributed by atoms with van der Waals surface area (Å²) in [6.07, 6.45) is -1.23. The number of ether oxygens (including phenoxy) is 1. The molecule has 0 spiro atoms. The molecular formula is C20H27F3IN3O2. The Bertz CT molecular complexity index is 743. The van der Waals surface area contributed by atoms with Crippen LogP contribution in [-0.2, 0) is 21.1 Å². The molecule has 0 aromatic heterocycles. The van der Waals surface area contributed by atoms with E-state index in [0.29, 0.717) is 32.5 Å². The minimum atomic E-state index is -4.33. The van der Waals surface area contributed by atoms with E-state index in [1.54, 1.807) is 13.1 Å². The van der Waals surface area contributed by atoms with Crippen LogP contribution in [0.2, 0.25) is 0 Å². The van der Waals surface area contributed by atoms with E-state index in [2.05, 4.69) is 15.2 Å². The predicted octanol–water partition coefficient (Wildman–Crippen LogP) is 3.82. The summed E-state index contributed by atoms with van der Waals surface area (Å²) < 4.78 is 43.9. The fraction of sp³-hybridized carbons (Fsp3) is 0.600. The standard InChI is InChI=1S/C20H26F3N3O2.HI/c1-24-18(26-10-6-14(7-11-26)17(27)28-2)25-13-19(8-9-19)15-4-3-5-16(12-15)20(21,22)23;/h3-5,12,14H,6-11,13H2,1-2H3,(H,24,25);1H. The van der Waals surface area contributed by atoms with Crippen LogP contribution in [0.25, 0.3) is 0 Å². The molecule has 1 saturated heterocycles. The summed E-state index contributed by atoms with van der Waals surface area (Å²) >= 11 is 0. The molecule has 1 saturated carbocycles. The van der Waals surface area contributed by atoms with E-state index in [-0.39, 0.29) is 41.3 Å². The Morgan fingerprint density at radius 3 is 2.48 bits per heavy atom. The van der Waals surface area contributed by atoms with Crippen molar-refractivity contribution in [1.29, 1.82) is 0 Å². The van der Waals surface area contributed by atoms with Crippen molar-refractivity contribution < 1.29 is 22.7 Å². The quantitative estimate of drug-likeness (QED) is 0.281. The van der Waals surface area contributed by atoms with Crippen molar-refractivity contribution in [2.75, 3.05) is 33.8 Å². The van der Waals surface area contributed by atoms with E-state index in [1.807, 2.05) is 0 Å². The molecule has 9 heteroatoms. The second kappa shape index (κ2) is 9.53. The second-order valence-electron chi connectivity index (χ2n) is 7.54. The molecule has 1 aliphatic heterocycles. The number of nitrogens with zero attached hydrogens (tertiary/aromatic N) is 2. The number of likely N-dealkylation sites (tertiary alicyclic amines) is 1. The number of guanidine groups is 1. The molecule has 3 rings (SSSR count). The van der Waals surface area contributed by atoms with Crippen molar-refractivity contribution in [2.24, 2.45) is 10.9 Å². The number of hydrogen-bond donors (Lipinski definition) is 1. The predicted molar refractivity (Wildman–Crippen MR) is 115 cm³/mol. The highest BCUT2D eigenvalue weighted by molar-refractivity contribution is 14.0. The Labute approximate surface area is 186 Å². The van der Waals surface area contributed by atoms with E-state index in [1.165, 1.54) is 19.2 Å². The molecule has 162 valence electrons. The van der Waals surface area contributed by atoms with Crippen LogP contribution < -0.4 is 5.32 Å². The van der Waals surface area contributed by atoms with Gasteiger partial charge in [0.15, 0.2) is 5.96 Å². The van der Waals surface area contributed by atoms with Crippen molar-refractivity contribution in [3.8, 4) is 0 Å². The smallest absolute Gasteiger partial charge is 0.416 e. The minimum Gasteiger partial charge on any atom is -0.469 e. The average Bonchev–Trinajstić information content (AvgIpc) is 3.49. The zero-order valence-corrected chi connectivity index (χ0v) is 18.9. The summed E-state index contributed by atoms with van der Waals surface area (Å²) in [5.41, 5.74) is -0.165. The molecule has 2 aliphatic rings. The first-order valence-electron chi connectivity index (χ1n) is 9.50. The number of piperidine rings is 1. The first-order chi connectivity index (χ1) is 13.3. The Hall–Kier alpha value is -1.52. The van der Waals surface area contributed by atoms with Crippen LogP contribution in [0.3, 0.4) is 0 Å². The van der Waals surface area contributed by atoms with Crippen LogP contribution in [0.4, 0.5) is 13.2 Å². The maximum absolute atomic E-state index is 13.0. The maximum atomic E-state index is 13.0. The first kappa shape index (κ1) is 23.8. The lowest BCUT2D eigenvalue weighted by Crippen LogP contribution is -2.48. The van der Waals surface area contributed by atoms with Gasteiger partial charge in [-0.15, -0.1) is 24.0 Å². The summed E-state index contributed by atoms with van der Waals surface area (Å²) in [4.78, 5) is 18.1. The number of rotatable bonds is 4. The number of carbonyl (C=O) groups excluding carboxylic acids is 1. The van der Waals surface area contributed by atoms with E-state index < -0.39 is 11.7 Å². The average molecular weight is 525 g/mol. The number of methoxy groups -OCH3 is 1. The van der Waals surface area contributed by atoms with Gasteiger partial charge in [-0.2, -0.15) is 13.2 Å². The number of benzene rings is 1. The molecule has 29 heavy (non-hydrogen) atoms. The highest BCUT2D eigenvalue weighted by Gasteiger charge is 2.45. The fourth-order valence-electron chi connectivity index (χ4n) is 3.82. The molecule has 2 fully saturated rings. The van der Waals surface area contributed by atoms with Gasteiger partial charge in [0.1, 0.15) is 0 Å². The molecule has 1 N–H and O–H groups in total. The number of hydrogen-bond acceptors (Lipinski definition) is 3. The van der Waals surface area contributed by atoms with Crippen LogP contribution in [-0.4, -0.2) is 50.6 Å². The molecule has 0 bridgehead atoms. The van der Waals surface area contributed by atoms with E-state index in [4.69, 9.17) is 4.74 Å². The van der Waals surface area contributed by atoms with E-state index in [9.17, 15) is 18.0 Å². The summed E-state index contributed by atoms with van der Waals surface area (Å²) in [6, 6.07) is 5.62. The normalized spacial score (nSPS) is 19.3. The van der Waals surface area contributed by atoms with Crippen LogP contribution in [0.5, 0.6) is 0 Å². The zero-order chi connectivity index (χ0) is 20.4. The number of esters is 1. The van der Waals surface area contributed by atoms with Gasteiger partial charge in [-0.05, 0) is 37.3 Å². The number of alkyl halides is 3. The molecular weight excluding hydrogens is 498 g/mol. The van der Waals surface area contributed by atoms with Gasteiger partial charge in [-0.3, -0.25) is 9.79 Å². The first-order valence-corrected chi connectivity index (χ1v) is 9.50. The molecule has 1 aromatic carbocycles. The van der Waals surface area contributed by atoms with E-state index in [0.717, 1.165) is 30.4 Å². The molecule has 0 unspecified atom stereocenters. The lowest BCUT2D eigenvalue weighted by Gasteiger charge is -2.33. The molecule has 0 atom stereocenters. The van der Waals surface area contributed by atoms with Gasteiger partial charge in [0.05, 0.1) is 18.6 Å². The van der Waals surface area contributed by atoms with Crippen molar-refractivity contribution in [1.82, 2.24) is 10.2 Å². The van der Waals surface area contributed by atoms with Gasteiger partial charge >= 0.3 is 12.1 Å². The van der Waals surface area contributed by atoms with Gasteiger partial charge < -0.3 is 15.0 Å². The monoisotopic (exact) mass is 525 g/mol. The Morgan fingerprint density at radius 2 is 1.97 bits per heavy atom. The number of halogens is 4. The molecule has 1 aromatic rings.